The van der Waals surface area contributed by atoms with E-state index in [1.165, 1.54) is 0 Å². The Morgan fingerprint density at radius 1 is 1.22 bits per heavy atom. The van der Waals surface area contributed by atoms with Crippen LogP contribution in [0.25, 0.3) is 0 Å². The first-order chi connectivity index (χ1) is 11.2. The molecule has 23 heavy (non-hydrogen) atoms. The van der Waals surface area contributed by atoms with Gasteiger partial charge in [0, 0.05) is 37.8 Å². The van der Waals surface area contributed by atoms with E-state index in [0.717, 1.165) is 5.69 Å². The number of ether oxygens (including phenoxy) is 1. The zero-order chi connectivity index (χ0) is 16.5. The molecule has 0 saturated carbocycles. The van der Waals surface area contributed by atoms with Crippen LogP contribution >= 0.6 is 0 Å². The lowest BCUT2D eigenvalue weighted by Crippen LogP contribution is -2.46. The maximum absolute atomic E-state index is 12.2. The molecule has 1 heterocycles. The average Bonchev–Trinajstić information content (AvgIpc) is 2.59. The Hall–Kier alpha value is -2.08. The predicted molar refractivity (Wildman–Crippen MR) is 89.3 cm³/mol. The summed E-state index contributed by atoms with van der Waals surface area (Å²) in [6, 6.07) is 9.37. The van der Waals surface area contributed by atoms with Crippen molar-refractivity contribution in [2.24, 2.45) is 5.92 Å². The number of rotatable bonds is 6. The number of hydrogen-bond donors (Lipinski definition) is 2. The van der Waals surface area contributed by atoms with Gasteiger partial charge in [-0.1, -0.05) is 18.2 Å². The predicted octanol–water partition coefficient (Wildman–Crippen LogP) is 2.08. The molecule has 1 fully saturated rings. The normalized spacial score (nSPS) is 15.3. The van der Waals surface area contributed by atoms with E-state index in [0.29, 0.717) is 45.7 Å². The van der Waals surface area contributed by atoms with Crippen molar-refractivity contribution in [3.8, 4) is 0 Å². The first-order valence-corrected chi connectivity index (χ1v) is 8.17. The van der Waals surface area contributed by atoms with Gasteiger partial charge in [0.05, 0.1) is 6.61 Å². The van der Waals surface area contributed by atoms with E-state index in [9.17, 15) is 9.59 Å². The summed E-state index contributed by atoms with van der Waals surface area (Å²) in [5.41, 5.74) is 0.814. The maximum atomic E-state index is 12.2. The van der Waals surface area contributed by atoms with Gasteiger partial charge in [-0.2, -0.15) is 0 Å². The summed E-state index contributed by atoms with van der Waals surface area (Å²) in [5.74, 6) is -0.00437. The molecule has 0 spiro atoms. The molecular formula is C17H25N3O3. The number of piperidine rings is 1. The molecule has 0 aromatic heterocycles. The number of nitrogens with one attached hydrogen (secondary N) is 2. The maximum Gasteiger partial charge on any atom is 0.317 e. The molecule has 2 rings (SSSR count). The number of urea groups is 1. The SMILES string of the molecule is CCOCCNC(=O)N1CCC(C(=O)Nc2ccccc2)CC1. The summed E-state index contributed by atoms with van der Waals surface area (Å²) >= 11 is 0. The van der Waals surface area contributed by atoms with Gasteiger partial charge in [0.1, 0.15) is 0 Å². The van der Waals surface area contributed by atoms with Gasteiger partial charge in [-0.05, 0) is 31.9 Å². The second kappa shape index (κ2) is 9.15. The van der Waals surface area contributed by atoms with Gasteiger partial charge < -0.3 is 20.3 Å². The van der Waals surface area contributed by atoms with Gasteiger partial charge in [0.2, 0.25) is 5.91 Å². The molecule has 1 aliphatic heterocycles. The molecule has 3 amide bonds. The van der Waals surface area contributed by atoms with Crippen LogP contribution in [0.15, 0.2) is 30.3 Å². The number of hydrogen-bond acceptors (Lipinski definition) is 3. The van der Waals surface area contributed by atoms with Gasteiger partial charge in [0.15, 0.2) is 0 Å². The highest BCUT2D eigenvalue weighted by Gasteiger charge is 2.27. The largest absolute Gasteiger partial charge is 0.380 e. The molecule has 1 aromatic carbocycles. The van der Waals surface area contributed by atoms with Crippen molar-refractivity contribution in [3.63, 3.8) is 0 Å². The lowest BCUT2D eigenvalue weighted by atomic mass is 9.96. The topological polar surface area (TPSA) is 70.7 Å². The highest BCUT2D eigenvalue weighted by molar-refractivity contribution is 5.92. The first-order valence-electron chi connectivity index (χ1n) is 8.17. The van der Waals surface area contributed by atoms with Crippen LogP contribution in [0.5, 0.6) is 0 Å². The third-order valence-corrected chi connectivity index (χ3v) is 3.92. The lowest BCUT2D eigenvalue weighted by molar-refractivity contribution is -0.121. The Kier molecular flexibility index (Phi) is 6.87. The van der Waals surface area contributed by atoms with Crippen molar-refractivity contribution < 1.29 is 14.3 Å². The number of likely N-dealkylation sites (tertiary alicyclic amines) is 1. The van der Waals surface area contributed by atoms with Crippen LogP contribution in [0, 0.1) is 5.92 Å². The molecule has 1 aromatic rings. The number of amides is 3. The molecule has 0 bridgehead atoms. The highest BCUT2D eigenvalue weighted by atomic mass is 16.5. The fourth-order valence-corrected chi connectivity index (χ4v) is 2.60. The van der Waals surface area contributed by atoms with Crippen molar-refractivity contribution in [1.82, 2.24) is 10.2 Å². The summed E-state index contributed by atoms with van der Waals surface area (Å²) in [4.78, 5) is 26.0. The molecule has 6 nitrogen and oxygen atoms in total. The average molecular weight is 319 g/mol. The fraction of sp³-hybridized carbons (Fsp3) is 0.529. The second-order valence-electron chi connectivity index (χ2n) is 5.55. The summed E-state index contributed by atoms with van der Waals surface area (Å²) < 4.78 is 5.19. The molecule has 2 N–H and O–H groups in total. The molecule has 1 aliphatic rings. The summed E-state index contributed by atoms with van der Waals surface area (Å²) in [6.45, 7) is 4.82. The van der Waals surface area contributed by atoms with E-state index in [4.69, 9.17) is 4.74 Å². The number of anilines is 1. The summed E-state index contributed by atoms with van der Waals surface area (Å²) in [7, 11) is 0. The molecule has 6 heteroatoms. The van der Waals surface area contributed by atoms with Gasteiger partial charge in [-0.25, -0.2) is 4.79 Å². The zero-order valence-electron chi connectivity index (χ0n) is 13.6. The molecular weight excluding hydrogens is 294 g/mol. The van der Waals surface area contributed by atoms with Gasteiger partial charge in [-0.3, -0.25) is 4.79 Å². The van der Waals surface area contributed by atoms with Crippen LogP contribution in [0.2, 0.25) is 0 Å². The highest BCUT2D eigenvalue weighted by Crippen LogP contribution is 2.19. The van der Waals surface area contributed by atoms with Crippen LogP contribution < -0.4 is 10.6 Å². The van der Waals surface area contributed by atoms with Gasteiger partial charge >= 0.3 is 6.03 Å². The number of para-hydroxylation sites is 1. The van der Waals surface area contributed by atoms with E-state index < -0.39 is 0 Å². The number of benzene rings is 1. The van der Waals surface area contributed by atoms with Crippen molar-refractivity contribution in [1.29, 1.82) is 0 Å². The standard InChI is InChI=1S/C17H25N3O3/c1-2-23-13-10-18-17(22)20-11-8-14(9-12-20)16(21)19-15-6-4-3-5-7-15/h3-7,14H,2,8-13H2,1H3,(H,18,22)(H,19,21). The summed E-state index contributed by atoms with van der Waals surface area (Å²) in [5, 5.41) is 5.76. The third kappa shape index (κ3) is 5.56. The van der Waals surface area contributed by atoms with Crippen molar-refractivity contribution in [2.75, 3.05) is 38.2 Å². The van der Waals surface area contributed by atoms with Crippen molar-refractivity contribution in [3.05, 3.63) is 30.3 Å². The van der Waals surface area contributed by atoms with Crippen LogP contribution in [-0.4, -0.2) is 49.7 Å². The van der Waals surface area contributed by atoms with E-state index >= 15 is 0 Å². The van der Waals surface area contributed by atoms with Crippen molar-refractivity contribution in [2.45, 2.75) is 19.8 Å². The monoisotopic (exact) mass is 319 g/mol. The first kappa shape index (κ1) is 17.3. The summed E-state index contributed by atoms with van der Waals surface area (Å²) in [6.07, 6.45) is 1.38. The van der Waals surface area contributed by atoms with Crippen LogP contribution in [0.4, 0.5) is 10.5 Å². The number of carbonyl (C=O) groups excluding carboxylic acids is 2. The minimum atomic E-state index is -0.0772. The quantitative estimate of drug-likeness (QED) is 0.789. The van der Waals surface area contributed by atoms with Crippen LogP contribution in [-0.2, 0) is 9.53 Å². The Bertz CT molecular complexity index is 499. The lowest BCUT2D eigenvalue weighted by Gasteiger charge is -2.31. The van der Waals surface area contributed by atoms with E-state index in [2.05, 4.69) is 10.6 Å². The van der Waals surface area contributed by atoms with Gasteiger partial charge in [0.25, 0.3) is 0 Å². The smallest absolute Gasteiger partial charge is 0.317 e. The Balaban J connectivity index is 1.70. The zero-order valence-corrected chi connectivity index (χ0v) is 13.6. The van der Waals surface area contributed by atoms with Crippen LogP contribution in [0.3, 0.4) is 0 Å². The fourth-order valence-electron chi connectivity index (χ4n) is 2.60. The second-order valence-corrected chi connectivity index (χ2v) is 5.55. The van der Waals surface area contributed by atoms with Crippen molar-refractivity contribution >= 4 is 17.6 Å². The molecule has 0 atom stereocenters. The molecule has 126 valence electrons. The molecule has 0 radical (unpaired) electrons. The molecule has 0 unspecified atom stereocenters. The molecule has 1 saturated heterocycles. The number of carbonyl (C=O) groups is 2. The Morgan fingerprint density at radius 3 is 2.57 bits per heavy atom. The minimum absolute atomic E-state index is 0.0348. The Labute approximate surface area is 137 Å². The third-order valence-electron chi connectivity index (χ3n) is 3.92. The molecule has 0 aliphatic carbocycles. The minimum Gasteiger partial charge on any atom is -0.380 e. The van der Waals surface area contributed by atoms with E-state index in [1.807, 2.05) is 37.3 Å². The van der Waals surface area contributed by atoms with E-state index in [1.54, 1.807) is 4.90 Å². The van der Waals surface area contributed by atoms with Crippen LogP contribution in [0.1, 0.15) is 19.8 Å². The van der Waals surface area contributed by atoms with Gasteiger partial charge in [-0.15, -0.1) is 0 Å². The van der Waals surface area contributed by atoms with E-state index in [-0.39, 0.29) is 17.9 Å². The Morgan fingerprint density at radius 2 is 1.91 bits per heavy atom. The number of nitrogens with zero attached hydrogens (tertiary/aromatic N) is 1.